The number of hydrogen-bond acceptors (Lipinski definition) is 6. The first-order chi connectivity index (χ1) is 17.9. The highest BCUT2D eigenvalue weighted by Crippen LogP contribution is 2.35. The summed E-state index contributed by atoms with van der Waals surface area (Å²) in [5.74, 6) is -0.821. The number of piperazine rings is 1. The number of likely N-dealkylation sites (N-methyl/N-ethyl adjacent to an activating group) is 1. The molecule has 2 saturated heterocycles. The zero-order valence-corrected chi connectivity index (χ0v) is 21.1. The molecule has 3 amide bonds. The molecule has 3 heterocycles. The Morgan fingerprint density at radius 1 is 1.05 bits per heavy atom. The molecule has 0 bridgehead atoms. The lowest BCUT2D eigenvalue weighted by Crippen LogP contribution is -2.54. The number of benzene rings is 2. The van der Waals surface area contributed by atoms with Crippen LogP contribution in [0.15, 0.2) is 66.0 Å². The van der Waals surface area contributed by atoms with Gasteiger partial charge in [-0.15, -0.1) is 11.3 Å². The third-order valence-electron chi connectivity index (χ3n) is 6.64. The molecule has 2 atom stereocenters. The topological polar surface area (TPSA) is 82.2 Å². The molecule has 5 rings (SSSR count). The Morgan fingerprint density at radius 2 is 1.81 bits per heavy atom. The summed E-state index contributed by atoms with van der Waals surface area (Å²) in [5.41, 5.74) is 1.79. The van der Waals surface area contributed by atoms with Gasteiger partial charge in [0.25, 0.3) is 5.91 Å². The SMILES string of the molecule is CN1CCN(C(=O)[C@H]2[C@H](c3ccc(NC(=O)c4cccs4)cc3)OC(=O)N2Cc2cccc(F)c2)CC1. The van der Waals surface area contributed by atoms with E-state index in [9.17, 15) is 18.8 Å². The third kappa shape index (κ3) is 5.50. The highest BCUT2D eigenvalue weighted by atomic mass is 32.1. The van der Waals surface area contributed by atoms with Crippen LogP contribution in [-0.4, -0.2) is 71.9 Å². The van der Waals surface area contributed by atoms with E-state index < -0.39 is 24.1 Å². The van der Waals surface area contributed by atoms with Crippen LogP contribution in [0.1, 0.15) is 26.9 Å². The second-order valence-electron chi connectivity index (χ2n) is 9.19. The average molecular weight is 523 g/mol. The van der Waals surface area contributed by atoms with Gasteiger partial charge in [0, 0.05) is 31.9 Å². The van der Waals surface area contributed by atoms with Gasteiger partial charge >= 0.3 is 6.09 Å². The van der Waals surface area contributed by atoms with Crippen LogP contribution < -0.4 is 5.32 Å². The summed E-state index contributed by atoms with van der Waals surface area (Å²) in [6, 6.07) is 15.6. The summed E-state index contributed by atoms with van der Waals surface area (Å²) < 4.78 is 19.6. The molecule has 192 valence electrons. The van der Waals surface area contributed by atoms with Crippen molar-refractivity contribution in [2.45, 2.75) is 18.7 Å². The van der Waals surface area contributed by atoms with Crippen LogP contribution in [-0.2, 0) is 16.1 Å². The van der Waals surface area contributed by atoms with Crippen molar-refractivity contribution in [2.75, 3.05) is 38.5 Å². The van der Waals surface area contributed by atoms with Crippen molar-refractivity contribution in [3.05, 3.63) is 87.9 Å². The number of amides is 3. The van der Waals surface area contributed by atoms with E-state index in [0.717, 1.165) is 13.1 Å². The van der Waals surface area contributed by atoms with Crippen molar-refractivity contribution in [3.8, 4) is 0 Å². The number of nitrogens with one attached hydrogen (secondary N) is 1. The fourth-order valence-electron chi connectivity index (χ4n) is 4.60. The van der Waals surface area contributed by atoms with E-state index >= 15 is 0 Å². The van der Waals surface area contributed by atoms with Crippen molar-refractivity contribution >= 4 is 34.9 Å². The lowest BCUT2D eigenvalue weighted by molar-refractivity contribution is -0.138. The first-order valence-electron chi connectivity index (χ1n) is 12.0. The number of thiophene rings is 1. The number of rotatable bonds is 6. The molecule has 2 fully saturated rings. The molecule has 0 aliphatic carbocycles. The van der Waals surface area contributed by atoms with E-state index in [-0.39, 0.29) is 18.4 Å². The molecular formula is C27H27FN4O4S. The molecule has 10 heteroatoms. The summed E-state index contributed by atoms with van der Waals surface area (Å²) in [6.45, 7) is 2.62. The Bertz CT molecular complexity index is 1280. The quantitative estimate of drug-likeness (QED) is 0.530. The third-order valence-corrected chi connectivity index (χ3v) is 7.51. The highest BCUT2D eigenvalue weighted by molar-refractivity contribution is 7.12. The highest BCUT2D eigenvalue weighted by Gasteiger charge is 2.48. The number of halogens is 1. The Balaban J connectivity index is 1.39. The average Bonchev–Trinajstić information content (AvgIpc) is 3.54. The fraction of sp³-hybridized carbons (Fsp3) is 0.296. The Morgan fingerprint density at radius 3 is 2.49 bits per heavy atom. The molecule has 0 radical (unpaired) electrons. The van der Waals surface area contributed by atoms with E-state index in [2.05, 4.69) is 10.2 Å². The summed E-state index contributed by atoms with van der Waals surface area (Å²) in [5, 5.41) is 4.68. The fourth-order valence-corrected chi connectivity index (χ4v) is 5.22. The number of hydrogen-bond donors (Lipinski definition) is 1. The van der Waals surface area contributed by atoms with Crippen LogP contribution >= 0.6 is 11.3 Å². The van der Waals surface area contributed by atoms with E-state index in [1.165, 1.54) is 28.4 Å². The van der Waals surface area contributed by atoms with Gasteiger partial charge in [0.05, 0.1) is 11.4 Å². The van der Waals surface area contributed by atoms with Crippen molar-refractivity contribution in [1.82, 2.24) is 14.7 Å². The van der Waals surface area contributed by atoms with Crippen LogP contribution in [0.2, 0.25) is 0 Å². The van der Waals surface area contributed by atoms with Gasteiger partial charge in [-0.05, 0) is 53.9 Å². The minimum Gasteiger partial charge on any atom is -0.438 e. The number of anilines is 1. The van der Waals surface area contributed by atoms with Gasteiger partial charge in [-0.3, -0.25) is 14.5 Å². The number of cyclic esters (lactones) is 1. The van der Waals surface area contributed by atoms with Crippen LogP contribution in [0, 0.1) is 5.82 Å². The van der Waals surface area contributed by atoms with Crippen LogP contribution in [0.4, 0.5) is 14.9 Å². The van der Waals surface area contributed by atoms with Gasteiger partial charge in [0.1, 0.15) is 5.82 Å². The predicted octanol–water partition coefficient (Wildman–Crippen LogP) is 3.98. The summed E-state index contributed by atoms with van der Waals surface area (Å²) in [4.78, 5) is 45.0. The smallest absolute Gasteiger partial charge is 0.411 e. The lowest BCUT2D eigenvalue weighted by atomic mass is 9.99. The number of nitrogens with zero attached hydrogens (tertiary/aromatic N) is 3. The first-order valence-corrected chi connectivity index (χ1v) is 12.9. The standard InChI is InChI=1S/C27H27FN4O4S/c1-30-11-13-31(14-12-30)26(34)23-24(36-27(35)32(23)17-18-4-2-5-20(28)16-18)19-7-9-21(10-8-19)29-25(33)22-6-3-15-37-22/h2-10,15-16,23-24H,11-14,17H2,1H3,(H,29,33)/t23-,24+/m1/s1. The molecular weight excluding hydrogens is 495 g/mol. The minimum atomic E-state index is -0.897. The molecule has 2 aliphatic heterocycles. The van der Waals surface area contributed by atoms with Crippen LogP contribution in [0.3, 0.4) is 0 Å². The zero-order chi connectivity index (χ0) is 25.9. The zero-order valence-electron chi connectivity index (χ0n) is 20.3. The maximum absolute atomic E-state index is 13.8. The summed E-state index contributed by atoms with van der Waals surface area (Å²) in [6.07, 6.45) is -1.47. The number of carbonyl (C=O) groups excluding carboxylic acids is 3. The van der Waals surface area contributed by atoms with E-state index in [0.29, 0.717) is 34.8 Å². The Hall–Kier alpha value is -3.76. The molecule has 3 aromatic rings. The first kappa shape index (κ1) is 24.9. The molecule has 1 N–H and O–H groups in total. The van der Waals surface area contributed by atoms with Crippen LogP contribution in [0.25, 0.3) is 0 Å². The van der Waals surface area contributed by atoms with Crippen molar-refractivity contribution in [2.24, 2.45) is 0 Å². The molecule has 0 unspecified atom stereocenters. The molecule has 2 aliphatic rings. The minimum absolute atomic E-state index is 0.0478. The molecule has 2 aromatic carbocycles. The molecule has 8 nitrogen and oxygen atoms in total. The molecule has 0 saturated carbocycles. The van der Waals surface area contributed by atoms with Gasteiger partial charge < -0.3 is 19.9 Å². The van der Waals surface area contributed by atoms with E-state index in [4.69, 9.17) is 4.74 Å². The summed E-state index contributed by atoms with van der Waals surface area (Å²) in [7, 11) is 2.00. The monoisotopic (exact) mass is 522 g/mol. The van der Waals surface area contributed by atoms with Crippen molar-refractivity contribution < 1.29 is 23.5 Å². The molecule has 37 heavy (non-hydrogen) atoms. The van der Waals surface area contributed by atoms with Crippen LogP contribution in [0.5, 0.6) is 0 Å². The van der Waals surface area contributed by atoms with Gasteiger partial charge in [0.15, 0.2) is 12.1 Å². The Labute approximate surface area is 218 Å². The van der Waals surface area contributed by atoms with Gasteiger partial charge in [-0.2, -0.15) is 0 Å². The second kappa shape index (κ2) is 10.7. The largest absolute Gasteiger partial charge is 0.438 e. The maximum Gasteiger partial charge on any atom is 0.411 e. The Kier molecular flexibility index (Phi) is 7.20. The number of ether oxygens (including phenoxy) is 1. The van der Waals surface area contributed by atoms with Gasteiger partial charge in [-0.25, -0.2) is 9.18 Å². The van der Waals surface area contributed by atoms with Crippen molar-refractivity contribution in [1.29, 1.82) is 0 Å². The summed E-state index contributed by atoms with van der Waals surface area (Å²) >= 11 is 1.35. The van der Waals surface area contributed by atoms with Gasteiger partial charge in [0.2, 0.25) is 5.91 Å². The second-order valence-corrected chi connectivity index (χ2v) is 10.1. The maximum atomic E-state index is 13.8. The predicted molar refractivity (Wildman–Crippen MR) is 138 cm³/mol. The van der Waals surface area contributed by atoms with E-state index in [1.54, 1.807) is 47.4 Å². The van der Waals surface area contributed by atoms with E-state index in [1.807, 2.05) is 18.5 Å². The normalized spacial score (nSPS) is 20.1. The lowest BCUT2D eigenvalue weighted by Gasteiger charge is -2.36. The van der Waals surface area contributed by atoms with Crippen molar-refractivity contribution in [3.63, 3.8) is 0 Å². The van der Waals surface area contributed by atoms with Gasteiger partial charge in [-0.1, -0.05) is 30.3 Å². The molecule has 0 spiro atoms. The molecule has 1 aromatic heterocycles. The number of carbonyl (C=O) groups is 3.